The normalized spacial score (nSPS) is 12.8. The van der Waals surface area contributed by atoms with Gasteiger partial charge in [-0.1, -0.05) is 18.2 Å². The van der Waals surface area contributed by atoms with Crippen LogP contribution in [0.1, 0.15) is 36.8 Å². The number of benzene rings is 2. The Bertz CT molecular complexity index is 995. The van der Waals surface area contributed by atoms with Crippen molar-refractivity contribution >= 4 is 23.5 Å². The molecule has 1 aliphatic rings. The minimum atomic E-state index is -0.505. The van der Waals surface area contributed by atoms with Crippen molar-refractivity contribution in [1.82, 2.24) is 4.98 Å². The van der Waals surface area contributed by atoms with Crippen LogP contribution in [0.15, 0.2) is 72.9 Å². The lowest BCUT2D eigenvalue weighted by molar-refractivity contribution is 0.0467. The summed E-state index contributed by atoms with van der Waals surface area (Å²) in [7, 11) is 0. The third kappa shape index (κ3) is 3.08. The summed E-state index contributed by atoms with van der Waals surface area (Å²) >= 11 is 0. The van der Waals surface area contributed by atoms with Crippen molar-refractivity contribution in [2.24, 2.45) is 0 Å². The number of amides is 2. The smallest absolute Gasteiger partial charge is 0.338 e. The van der Waals surface area contributed by atoms with Gasteiger partial charge >= 0.3 is 5.97 Å². The summed E-state index contributed by atoms with van der Waals surface area (Å²) in [6, 6.07) is 18.2. The van der Waals surface area contributed by atoms with E-state index in [2.05, 4.69) is 4.98 Å². The summed E-state index contributed by atoms with van der Waals surface area (Å²) in [5.41, 5.74) is 2.13. The SMILES string of the molecule is O=C(OCc1ccccn1)c1ccc(N2C(=O)c3ccccc3C2=O)cc1. The zero-order chi connectivity index (χ0) is 18.8. The highest BCUT2D eigenvalue weighted by molar-refractivity contribution is 6.34. The maximum atomic E-state index is 12.5. The van der Waals surface area contributed by atoms with Crippen molar-refractivity contribution in [2.45, 2.75) is 6.61 Å². The standard InChI is InChI=1S/C21H14N2O4/c24-19-17-6-1-2-7-18(17)20(25)23(19)16-10-8-14(9-11-16)21(26)27-13-15-5-3-4-12-22-15/h1-12H,13H2. The summed E-state index contributed by atoms with van der Waals surface area (Å²) in [5, 5.41) is 0. The highest BCUT2D eigenvalue weighted by Gasteiger charge is 2.36. The molecule has 0 spiro atoms. The van der Waals surface area contributed by atoms with Crippen LogP contribution in [0.25, 0.3) is 0 Å². The van der Waals surface area contributed by atoms with Gasteiger partial charge in [0.05, 0.1) is 28.1 Å². The van der Waals surface area contributed by atoms with Crippen molar-refractivity contribution in [3.63, 3.8) is 0 Å². The molecule has 0 saturated carbocycles. The van der Waals surface area contributed by atoms with Gasteiger partial charge in [-0.25, -0.2) is 9.69 Å². The molecule has 6 heteroatoms. The molecule has 2 heterocycles. The van der Waals surface area contributed by atoms with Crippen LogP contribution < -0.4 is 4.90 Å². The molecular formula is C21H14N2O4. The molecular weight excluding hydrogens is 344 g/mol. The molecule has 6 nitrogen and oxygen atoms in total. The molecule has 27 heavy (non-hydrogen) atoms. The molecule has 132 valence electrons. The number of imide groups is 1. The number of hydrogen-bond donors (Lipinski definition) is 0. The number of hydrogen-bond acceptors (Lipinski definition) is 5. The van der Waals surface area contributed by atoms with Crippen LogP contribution in [-0.4, -0.2) is 22.8 Å². The second kappa shape index (κ2) is 6.84. The molecule has 0 radical (unpaired) electrons. The number of carbonyl (C=O) groups is 3. The molecule has 4 rings (SSSR count). The van der Waals surface area contributed by atoms with E-state index in [0.29, 0.717) is 28.1 Å². The molecule has 2 amide bonds. The van der Waals surface area contributed by atoms with Crippen LogP contribution in [0.3, 0.4) is 0 Å². The fourth-order valence-corrected chi connectivity index (χ4v) is 2.88. The largest absolute Gasteiger partial charge is 0.456 e. The molecule has 0 N–H and O–H groups in total. The first kappa shape index (κ1) is 16.7. The lowest BCUT2D eigenvalue weighted by atomic mass is 10.1. The molecule has 2 aromatic carbocycles. The van der Waals surface area contributed by atoms with E-state index < -0.39 is 5.97 Å². The molecule has 1 aliphatic heterocycles. The third-order valence-corrected chi connectivity index (χ3v) is 4.23. The lowest BCUT2D eigenvalue weighted by Crippen LogP contribution is -2.29. The Balaban J connectivity index is 1.49. The van der Waals surface area contributed by atoms with Crippen LogP contribution >= 0.6 is 0 Å². The Morgan fingerprint density at radius 3 is 2.07 bits per heavy atom. The number of ether oxygens (including phenoxy) is 1. The van der Waals surface area contributed by atoms with Gasteiger partial charge in [-0.2, -0.15) is 0 Å². The van der Waals surface area contributed by atoms with Gasteiger partial charge in [-0.15, -0.1) is 0 Å². The van der Waals surface area contributed by atoms with Gasteiger partial charge in [0.25, 0.3) is 11.8 Å². The Morgan fingerprint density at radius 2 is 1.48 bits per heavy atom. The van der Waals surface area contributed by atoms with Gasteiger partial charge < -0.3 is 4.74 Å². The van der Waals surface area contributed by atoms with Crippen molar-refractivity contribution in [1.29, 1.82) is 0 Å². The number of pyridine rings is 1. The maximum absolute atomic E-state index is 12.5. The maximum Gasteiger partial charge on any atom is 0.338 e. The summed E-state index contributed by atoms with van der Waals surface area (Å²) in [6.07, 6.45) is 1.63. The zero-order valence-electron chi connectivity index (χ0n) is 14.2. The van der Waals surface area contributed by atoms with Gasteiger partial charge in [0.15, 0.2) is 0 Å². The van der Waals surface area contributed by atoms with Crippen LogP contribution in [-0.2, 0) is 11.3 Å². The van der Waals surface area contributed by atoms with E-state index >= 15 is 0 Å². The van der Waals surface area contributed by atoms with Crippen LogP contribution in [0, 0.1) is 0 Å². The molecule has 0 unspecified atom stereocenters. The Hall–Kier alpha value is -3.80. The summed E-state index contributed by atoms with van der Waals surface area (Å²) < 4.78 is 5.22. The zero-order valence-corrected chi connectivity index (χ0v) is 14.2. The number of anilines is 1. The van der Waals surface area contributed by atoms with Crippen molar-refractivity contribution in [3.8, 4) is 0 Å². The number of carbonyl (C=O) groups excluding carboxylic acids is 3. The fraction of sp³-hybridized carbons (Fsp3) is 0.0476. The minimum absolute atomic E-state index is 0.0693. The third-order valence-electron chi connectivity index (χ3n) is 4.23. The van der Waals surface area contributed by atoms with E-state index in [0.717, 1.165) is 4.90 Å². The average Bonchev–Trinajstić information content (AvgIpc) is 2.98. The first-order chi connectivity index (χ1) is 13.1. The molecule has 3 aromatic rings. The number of nitrogens with zero attached hydrogens (tertiary/aromatic N) is 2. The number of aromatic nitrogens is 1. The molecule has 0 atom stereocenters. The van der Waals surface area contributed by atoms with E-state index in [-0.39, 0.29) is 18.4 Å². The summed E-state index contributed by atoms with van der Waals surface area (Å²) in [4.78, 5) is 42.3. The van der Waals surface area contributed by atoms with E-state index in [1.54, 1.807) is 54.7 Å². The Labute approximate surface area is 155 Å². The van der Waals surface area contributed by atoms with Crippen LogP contribution in [0.5, 0.6) is 0 Å². The van der Waals surface area contributed by atoms with E-state index in [1.807, 2.05) is 6.07 Å². The second-order valence-electron chi connectivity index (χ2n) is 5.94. The number of rotatable bonds is 4. The first-order valence-corrected chi connectivity index (χ1v) is 8.30. The molecule has 0 saturated heterocycles. The van der Waals surface area contributed by atoms with Gasteiger partial charge in [0.1, 0.15) is 6.61 Å². The number of esters is 1. The monoisotopic (exact) mass is 358 g/mol. The quantitative estimate of drug-likeness (QED) is 0.529. The van der Waals surface area contributed by atoms with Crippen LogP contribution in [0.2, 0.25) is 0 Å². The van der Waals surface area contributed by atoms with Crippen molar-refractivity contribution in [3.05, 3.63) is 95.3 Å². The predicted molar refractivity (Wildman–Crippen MR) is 97.4 cm³/mol. The van der Waals surface area contributed by atoms with Gasteiger partial charge in [0.2, 0.25) is 0 Å². The molecule has 1 aromatic heterocycles. The average molecular weight is 358 g/mol. The van der Waals surface area contributed by atoms with Gasteiger partial charge in [-0.05, 0) is 48.5 Å². The van der Waals surface area contributed by atoms with E-state index in [4.69, 9.17) is 4.74 Å². The van der Waals surface area contributed by atoms with Gasteiger partial charge in [-0.3, -0.25) is 14.6 Å². The first-order valence-electron chi connectivity index (χ1n) is 8.30. The predicted octanol–water partition coefficient (Wildman–Crippen LogP) is 3.24. The second-order valence-corrected chi connectivity index (χ2v) is 5.94. The lowest BCUT2D eigenvalue weighted by Gasteiger charge is -2.14. The fourth-order valence-electron chi connectivity index (χ4n) is 2.88. The highest BCUT2D eigenvalue weighted by atomic mass is 16.5. The van der Waals surface area contributed by atoms with E-state index in [1.165, 1.54) is 12.1 Å². The summed E-state index contributed by atoms with van der Waals surface area (Å²) in [6.45, 7) is 0.0693. The van der Waals surface area contributed by atoms with Crippen LogP contribution in [0.4, 0.5) is 5.69 Å². The minimum Gasteiger partial charge on any atom is -0.456 e. The Kier molecular flexibility index (Phi) is 4.22. The van der Waals surface area contributed by atoms with E-state index in [9.17, 15) is 14.4 Å². The number of fused-ring (bicyclic) bond motifs is 1. The Morgan fingerprint density at radius 1 is 0.852 bits per heavy atom. The molecule has 0 fully saturated rings. The topological polar surface area (TPSA) is 76.6 Å². The summed E-state index contributed by atoms with van der Waals surface area (Å²) in [5.74, 6) is -1.25. The van der Waals surface area contributed by atoms with Crippen molar-refractivity contribution < 1.29 is 19.1 Å². The molecule has 0 bridgehead atoms. The molecule has 0 aliphatic carbocycles. The van der Waals surface area contributed by atoms with Gasteiger partial charge in [0, 0.05) is 6.20 Å². The van der Waals surface area contributed by atoms with Crippen molar-refractivity contribution in [2.75, 3.05) is 4.90 Å². The highest BCUT2D eigenvalue weighted by Crippen LogP contribution is 2.28.